The molecule has 2 aromatic carbocycles. The van der Waals surface area contributed by atoms with Crippen molar-refractivity contribution in [3.05, 3.63) is 59.7 Å². The van der Waals surface area contributed by atoms with Crippen molar-refractivity contribution in [1.29, 1.82) is 0 Å². The number of rotatable bonds is 4. The molecule has 4 rings (SSSR count). The number of methoxy groups -OCH3 is 2. The lowest BCUT2D eigenvalue weighted by Crippen LogP contribution is -2.43. The molecule has 0 radical (unpaired) electrons. The molecule has 0 bridgehead atoms. The molecule has 2 aliphatic heterocycles. The van der Waals surface area contributed by atoms with Crippen LogP contribution in [0.25, 0.3) is 11.1 Å². The maximum absolute atomic E-state index is 5.34. The summed E-state index contributed by atoms with van der Waals surface area (Å²) in [5.74, 6) is 1.82. The minimum atomic E-state index is 0.683. The molecular formula is C23H27NO2. The van der Waals surface area contributed by atoms with Crippen molar-refractivity contribution < 1.29 is 9.47 Å². The fraction of sp³-hybridized carbons (Fsp3) is 0.391. The quantitative estimate of drug-likeness (QED) is 0.786. The number of benzene rings is 2. The first-order valence-corrected chi connectivity index (χ1v) is 9.53. The zero-order chi connectivity index (χ0) is 17.9. The van der Waals surface area contributed by atoms with E-state index in [-0.39, 0.29) is 0 Å². The van der Waals surface area contributed by atoms with Crippen molar-refractivity contribution in [2.24, 2.45) is 0 Å². The van der Waals surface area contributed by atoms with Crippen molar-refractivity contribution in [2.75, 3.05) is 27.3 Å². The van der Waals surface area contributed by atoms with E-state index in [0.29, 0.717) is 6.04 Å². The number of hydrogen-bond donors (Lipinski definition) is 0. The van der Waals surface area contributed by atoms with E-state index < -0.39 is 0 Å². The molecule has 1 unspecified atom stereocenters. The van der Waals surface area contributed by atoms with Gasteiger partial charge in [0.2, 0.25) is 0 Å². The predicted molar refractivity (Wildman–Crippen MR) is 107 cm³/mol. The Morgan fingerprint density at radius 1 is 0.769 bits per heavy atom. The summed E-state index contributed by atoms with van der Waals surface area (Å²) in [4.78, 5) is 2.68. The fourth-order valence-electron chi connectivity index (χ4n) is 4.30. The molecule has 136 valence electrons. The minimum Gasteiger partial charge on any atom is -0.497 e. The maximum atomic E-state index is 5.34. The van der Waals surface area contributed by atoms with E-state index in [1.807, 2.05) is 0 Å². The molecule has 1 atom stereocenters. The van der Waals surface area contributed by atoms with Gasteiger partial charge in [-0.15, -0.1) is 0 Å². The summed E-state index contributed by atoms with van der Waals surface area (Å²) in [5, 5.41) is 0. The Morgan fingerprint density at radius 2 is 1.35 bits per heavy atom. The molecule has 0 aromatic heterocycles. The third-order valence-corrected chi connectivity index (χ3v) is 5.79. The van der Waals surface area contributed by atoms with Gasteiger partial charge in [0.25, 0.3) is 0 Å². The summed E-state index contributed by atoms with van der Waals surface area (Å²) < 4.78 is 10.7. The summed E-state index contributed by atoms with van der Waals surface area (Å²) in [7, 11) is 3.44. The van der Waals surface area contributed by atoms with Crippen LogP contribution in [0.5, 0.6) is 11.5 Å². The molecule has 0 spiro atoms. The van der Waals surface area contributed by atoms with Crippen molar-refractivity contribution in [3.8, 4) is 11.5 Å². The summed E-state index contributed by atoms with van der Waals surface area (Å²) >= 11 is 0. The molecule has 2 heterocycles. The van der Waals surface area contributed by atoms with Crippen LogP contribution in [0.2, 0.25) is 0 Å². The number of nitrogens with zero attached hydrogens (tertiary/aromatic N) is 1. The third-order valence-electron chi connectivity index (χ3n) is 5.79. The van der Waals surface area contributed by atoms with E-state index in [0.717, 1.165) is 24.5 Å². The van der Waals surface area contributed by atoms with Gasteiger partial charge in [-0.3, -0.25) is 4.90 Å². The van der Waals surface area contributed by atoms with Crippen LogP contribution in [0.3, 0.4) is 0 Å². The van der Waals surface area contributed by atoms with Gasteiger partial charge in [0.15, 0.2) is 0 Å². The molecule has 1 fully saturated rings. The zero-order valence-electron chi connectivity index (χ0n) is 15.7. The van der Waals surface area contributed by atoms with Crippen LogP contribution in [-0.4, -0.2) is 38.3 Å². The Kier molecular flexibility index (Phi) is 4.98. The summed E-state index contributed by atoms with van der Waals surface area (Å²) in [6.07, 6.45) is 5.13. The molecule has 2 aliphatic rings. The Balaban J connectivity index is 1.76. The van der Waals surface area contributed by atoms with E-state index in [1.165, 1.54) is 48.1 Å². The van der Waals surface area contributed by atoms with Gasteiger partial charge < -0.3 is 9.47 Å². The molecular weight excluding hydrogens is 322 g/mol. The van der Waals surface area contributed by atoms with Gasteiger partial charge in [0, 0.05) is 12.6 Å². The zero-order valence-corrected chi connectivity index (χ0v) is 15.7. The second kappa shape index (κ2) is 7.55. The third kappa shape index (κ3) is 3.36. The molecule has 3 heteroatoms. The van der Waals surface area contributed by atoms with Gasteiger partial charge in [-0.25, -0.2) is 0 Å². The molecule has 3 nitrogen and oxygen atoms in total. The van der Waals surface area contributed by atoms with Crippen molar-refractivity contribution in [2.45, 2.75) is 31.7 Å². The number of fused-ring (bicyclic) bond motifs is 1. The van der Waals surface area contributed by atoms with Gasteiger partial charge in [0.05, 0.1) is 14.2 Å². The van der Waals surface area contributed by atoms with E-state index in [1.54, 1.807) is 14.2 Å². The first-order chi connectivity index (χ1) is 12.8. The topological polar surface area (TPSA) is 21.7 Å². The monoisotopic (exact) mass is 349 g/mol. The molecule has 0 aliphatic carbocycles. The van der Waals surface area contributed by atoms with Gasteiger partial charge >= 0.3 is 0 Å². The van der Waals surface area contributed by atoms with E-state index in [2.05, 4.69) is 53.4 Å². The van der Waals surface area contributed by atoms with Crippen LogP contribution in [0.1, 0.15) is 36.8 Å². The molecule has 2 aromatic rings. The average molecular weight is 349 g/mol. The Labute approximate surface area is 156 Å². The second-order valence-corrected chi connectivity index (χ2v) is 7.24. The molecule has 26 heavy (non-hydrogen) atoms. The molecule has 1 saturated heterocycles. The number of ether oxygens (including phenoxy) is 2. The average Bonchev–Trinajstić information content (AvgIpc) is 2.73. The number of piperidine rings is 1. The van der Waals surface area contributed by atoms with Crippen LogP contribution in [0.4, 0.5) is 0 Å². The lowest BCUT2D eigenvalue weighted by molar-refractivity contribution is 0.165. The number of hydrogen-bond acceptors (Lipinski definition) is 3. The minimum absolute atomic E-state index is 0.683. The smallest absolute Gasteiger partial charge is 0.118 e. The van der Waals surface area contributed by atoms with Gasteiger partial charge in [-0.2, -0.15) is 0 Å². The highest BCUT2D eigenvalue weighted by Gasteiger charge is 2.30. The van der Waals surface area contributed by atoms with Gasteiger partial charge in [0.1, 0.15) is 11.5 Å². The Bertz CT molecular complexity index is 709. The molecule has 0 amide bonds. The van der Waals surface area contributed by atoms with Crippen LogP contribution >= 0.6 is 0 Å². The summed E-state index contributed by atoms with van der Waals surface area (Å²) in [5.41, 5.74) is 5.57. The standard InChI is InChI=1S/C23H27NO2/c1-25-20-10-6-17(7-11-20)22-15-19-5-3-4-14-24(19)16-23(22)18-8-12-21(26-2)13-9-18/h6-13,19H,3-5,14-16H2,1-2H3. The van der Waals surface area contributed by atoms with E-state index >= 15 is 0 Å². The highest BCUT2D eigenvalue weighted by molar-refractivity contribution is 5.93. The maximum Gasteiger partial charge on any atom is 0.118 e. The lowest BCUT2D eigenvalue weighted by atomic mass is 9.83. The largest absolute Gasteiger partial charge is 0.497 e. The summed E-state index contributed by atoms with van der Waals surface area (Å²) in [6, 6.07) is 17.8. The first-order valence-electron chi connectivity index (χ1n) is 9.53. The van der Waals surface area contributed by atoms with Crippen molar-refractivity contribution >= 4 is 11.1 Å². The molecule has 0 N–H and O–H groups in total. The predicted octanol–water partition coefficient (Wildman–Crippen LogP) is 4.87. The van der Waals surface area contributed by atoms with Crippen LogP contribution in [-0.2, 0) is 0 Å². The highest BCUT2D eigenvalue weighted by atomic mass is 16.5. The highest BCUT2D eigenvalue weighted by Crippen LogP contribution is 2.39. The van der Waals surface area contributed by atoms with Gasteiger partial charge in [-0.1, -0.05) is 30.7 Å². The van der Waals surface area contributed by atoms with Crippen molar-refractivity contribution in [1.82, 2.24) is 4.90 Å². The Morgan fingerprint density at radius 3 is 1.92 bits per heavy atom. The summed E-state index contributed by atoms with van der Waals surface area (Å²) in [6.45, 7) is 2.26. The van der Waals surface area contributed by atoms with Crippen LogP contribution in [0, 0.1) is 0 Å². The normalized spacial score (nSPS) is 20.6. The van der Waals surface area contributed by atoms with E-state index in [4.69, 9.17) is 9.47 Å². The lowest BCUT2D eigenvalue weighted by Gasteiger charge is -2.41. The van der Waals surface area contributed by atoms with Gasteiger partial charge in [-0.05, 0) is 72.3 Å². The van der Waals surface area contributed by atoms with Crippen LogP contribution < -0.4 is 9.47 Å². The Hall–Kier alpha value is -2.26. The van der Waals surface area contributed by atoms with Crippen molar-refractivity contribution in [3.63, 3.8) is 0 Å². The first kappa shape index (κ1) is 17.2. The SMILES string of the molecule is COc1ccc(C2=C(c3ccc(OC)cc3)CN3CCCCC3C2)cc1. The van der Waals surface area contributed by atoms with E-state index in [9.17, 15) is 0 Å². The fourth-order valence-corrected chi connectivity index (χ4v) is 4.30. The second-order valence-electron chi connectivity index (χ2n) is 7.24. The molecule has 0 saturated carbocycles. The van der Waals surface area contributed by atoms with Crippen LogP contribution in [0.15, 0.2) is 48.5 Å².